The predicted octanol–water partition coefficient (Wildman–Crippen LogP) is 2.83. The van der Waals surface area contributed by atoms with Crippen molar-refractivity contribution >= 4 is 11.7 Å². The molecule has 1 aliphatic carbocycles. The molecule has 1 aromatic rings. The van der Waals surface area contributed by atoms with Gasteiger partial charge in [-0.1, -0.05) is 19.3 Å². The Morgan fingerprint density at radius 2 is 2.05 bits per heavy atom. The van der Waals surface area contributed by atoms with Crippen LogP contribution in [-0.2, 0) is 0 Å². The van der Waals surface area contributed by atoms with Crippen molar-refractivity contribution in [3.05, 3.63) is 23.4 Å². The average molecular weight is 260 g/mol. The third-order valence-electron chi connectivity index (χ3n) is 3.93. The summed E-state index contributed by atoms with van der Waals surface area (Å²) in [5, 5.41) is 7.74. The minimum absolute atomic E-state index is 0.108. The highest BCUT2D eigenvalue weighted by Crippen LogP contribution is 2.28. The number of nitrogens with two attached hydrogens (primary N) is 1. The van der Waals surface area contributed by atoms with Gasteiger partial charge < -0.3 is 10.6 Å². The lowest BCUT2D eigenvalue weighted by molar-refractivity contribution is 0.416. The molecule has 0 spiro atoms. The number of aromatic nitrogens is 1. The minimum Gasteiger partial charge on any atom is -0.384 e. The zero-order valence-corrected chi connectivity index (χ0v) is 11.9. The first-order valence-corrected chi connectivity index (χ1v) is 7.22. The summed E-state index contributed by atoms with van der Waals surface area (Å²) in [4.78, 5) is 6.98. The molecule has 1 aromatic heterocycles. The second-order valence-corrected chi connectivity index (χ2v) is 5.32. The van der Waals surface area contributed by atoms with E-state index in [0.717, 1.165) is 23.6 Å². The number of nitrogen functional groups attached to an aromatic ring is 1. The van der Waals surface area contributed by atoms with Gasteiger partial charge in [-0.2, -0.15) is 0 Å². The number of nitrogens with one attached hydrogen (secondary N) is 1. The van der Waals surface area contributed by atoms with Gasteiger partial charge in [-0.3, -0.25) is 5.41 Å². The van der Waals surface area contributed by atoms with E-state index in [0.29, 0.717) is 6.04 Å². The number of aryl methyl sites for hydroxylation is 1. The topological polar surface area (TPSA) is 66.0 Å². The van der Waals surface area contributed by atoms with E-state index < -0.39 is 0 Å². The van der Waals surface area contributed by atoms with E-state index >= 15 is 0 Å². The minimum atomic E-state index is 0.108. The Hall–Kier alpha value is -1.58. The van der Waals surface area contributed by atoms with Crippen LogP contribution in [0.5, 0.6) is 0 Å². The van der Waals surface area contributed by atoms with Gasteiger partial charge in [0.05, 0.1) is 5.56 Å². The lowest BCUT2D eigenvalue weighted by Gasteiger charge is -2.35. The lowest BCUT2D eigenvalue weighted by atomic mass is 9.94. The fraction of sp³-hybridized carbons (Fsp3) is 0.600. The van der Waals surface area contributed by atoms with Gasteiger partial charge in [0.1, 0.15) is 11.7 Å². The first-order valence-electron chi connectivity index (χ1n) is 7.22. The van der Waals surface area contributed by atoms with Crippen LogP contribution in [0.3, 0.4) is 0 Å². The average Bonchev–Trinajstić information content (AvgIpc) is 2.40. The Kier molecular flexibility index (Phi) is 4.40. The maximum Gasteiger partial charge on any atom is 0.140 e. The van der Waals surface area contributed by atoms with E-state index in [-0.39, 0.29) is 5.84 Å². The lowest BCUT2D eigenvalue weighted by Crippen LogP contribution is -2.38. The highest BCUT2D eigenvalue weighted by atomic mass is 15.2. The van der Waals surface area contributed by atoms with Crippen molar-refractivity contribution < 1.29 is 0 Å². The van der Waals surface area contributed by atoms with Crippen LogP contribution in [-0.4, -0.2) is 23.4 Å². The van der Waals surface area contributed by atoms with Gasteiger partial charge in [0.2, 0.25) is 0 Å². The highest BCUT2D eigenvalue weighted by Gasteiger charge is 2.23. The molecule has 104 valence electrons. The van der Waals surface area contributed by atoms with Gasteiger partial charge in [-0.15, -0.1) is 0 Å². The van der Waals surface area contributed by atoms with Gasteiger partial charge in [-0.05, 0) is 38.8 Å². The van der Waals surface area contributed by atoms with Crippen LogP contribution in [0.15, 0.2) is 12.1 Å². The summed E-state index contributed by atoms with van der Waals surface area (Å²) < 4.78 is 0. The first-order chi connectivity index (χ1) is 9.13. The molecule has 1 fully saturated rings. The van der Waals surface area contributed by atoms with Gasteiger partial charge in [0, 0.05) is 18.3 Å². The summed E-state index contributed by atoms with van der Waals surface area (Å²) in [5.41, 5.74) is 7.45. The normalized spacial score (nSPS) is 16.3. The second-order valence-electron chi connectivity index (χ2n) is 5.32. The van der Waals surface area contributed by atoms with Crippen molar-refractivity contribution in [1.29, 1.82) is 5.41 Å². The molecule has 4 heteroatoms. The molecule has 0 atom stereocenters. The molecular formula is C15H24N4. The number of hydrogen-bond acceptors (Lipinski definition) is 3. The molecule has 0 aliphatic heterocycles. The van der Waals surface area contributed by atoms with Crippen LogP contribution in [0.25, 0.3) is 0 Å². The van der Waals surface area contributed by atoms with E-state index in [1.807, 2.05) is 19.1 Å². The summed E-state index contributed by atoms with van der Waals surface area (Å²) in [6, 6.07) is 4.40. The molecule has 0 unspecified atom stereocenters. The second kappa shape index (κ2) is 6.04. The van der Waals surface area contributed by atoms with Gasteiger partial charge in [0.15, 0.2) is 0 Å². The molecule has 1 heterocycles. The van der Waals surface area contributed by atoms with Crippen molar-refractivity contribution in [2.45, 2.75) is 52.0 Å². The summed E-state index contributed by atoms with van der Waals surface area (Å²) >= 11 is 0. The van der Waals surface area contributed by atoms with Crippen molar-refractivity contribution in [2.24, 2.45) is 5.73 Å². The highest BCUT2D eigenvalue weighted by molar-refractivity contribution is 5.99. The van der Waals surface area contributed by atoms with Gasteiger partial charge in [-0.25, -0.2) is 4.98 Å². The van der Waals surface area contributed by atoms with Crippen LogP contribution in [0, 0.1) is 12.3 Å². The van der Waals surface area contributed by atoms with E-state index in [1.54, 1.807) is 0 Å². The fourth-order valence-corrected chi connectivity index (χ4v) is 2.95. The third-order valence-corrected chi connectivity index (χ3v) is 3.93. The molecule has 2 rings (SSSR count). The molecule has 0 amide bonds. The molecule has 1 saturated carbocycles. The smallest absolute Gasteiger partial charge is 0.140 e. The summed E-state index contributed by atoms with van der Waals surface area (Å²) in [5.74, 6) is 0.999. The zero-order valence-electron chi connectivity index (χ0n) is 11.9. The maximum absolute atomic E-state index is 7.74. The summed E-state index contributed by atoms with van der Waals surface area (Å²) in [6.07, 6.45) is 6.38. The molecule has 0 saturated heterocycles. The standard InChI is InChI=1S/C15H24N4/c1-3-19(12-7-5-4-6-8-12)15-13(14(16)17)10-9-11(2)18-15/h9-10,12H,3-8H2,1-2H3,(H3,16,17). The largest absolute Gasteiger partial charge is 0.384 e. The number of nitrogens with zero attached hydrogens (tertiary/aromatic N) is 2. The van der Waals surface area contributed by atoms with E-state index in [9.17, 15) is 0 Å². The van der Waals surface area contributed by atoms with Gasteiger partial charge >= 0.3 is 0 Å². The number of rotatable bonds is 4. The molecule has 3 N–H and O–H groups in total. The Morgan fingerprint density at radius 1 is 1.37 bits per heavy atom. The predicted molar refractivity (Wildman–Crippen MR) is 79.9 cm³/mol. The van der Waals surface area contributed by atoms with Crippen LogP contribution in [0.2, 0.25) is 0 Å². The quantitative estimate of drug-likeness (QED) is 0.646. The SMILES string of the molecule is CCN(c1nc(C)ccc1C(=N)N)C1CCCCC1. The molecule has 4 nitrogen and oxygen atoms in total. The van der Waals surface area contributed by atoms with Crippen molar-refractivity contribution in [3.8, 4) is 0 Å². The maximum atomic E-state index is 7.74. The van der Waals surface area contributed by atoms with Crippen molar-refractivity contribution in [3.63, 3.8) is 0 Å². The Morgan fingerprint density at radius 3 is 2.63 bits per heavy atom. The Balaban J connectivity index is 2.35. The van der Waals surface area contributed by atoms with E-state index in [1.165, 1.54) is 32.1 Å². The fourth-order valence-electron chi connectivity index (χ4n) is 2.95. The summed E-state index contributed by atoms with van der Waals surface area (Å²) in [7, 11) is 0. The summed E-state index contributed by atoms with van der Waals surface area (Å²) in [6.45, 7) is 5.06. The van der Waals surface area contributed by atoms with E-state index in [2.05, 4.69) is 16.8 Å². The monoisotopic (exact) mass is 260 g/mol. The molecule has 0 bridgehead atoms. The number of pyridine rings is 1. The number of hydrogen-bond donors (Lipinski definition) is 2. The number of anilines is 1. The van der Waals surface area contributed by atoms with Crippen LogP contribution < -0.4 is 10.6 Å². The molecule has 0 radical (unpaired) electrons. The molecular weight excluding hydrogens is 236 g/mol. The van der Waals surface area contributed by atoms with E-state index in [4.69, 9.17) is 11.1 Å². The Labute approximate surface area is 115 Å². The van der Waals surface area contributed by atoms with Crippen LogP contribution in [0.4, 0.5) is 5.82 Å². The number of amidine groups is 1. The van der Waals surface area contributed by atoms with Gasteiger partial charge in [0.25, 0.3) is 0 Å². The van der Waals surface area contributed by atoms with Crippen molar-refractivity contribution in [2.75, 3.05) is 11.4 Å². The Bertz CT molecular complexity index is 449. The molecule has 0 aromatic carbocycles. The third kappa shape index (κ3) is 3.06. The first kappa shape index (κ1) is 13.8. The van der Waals surface area contributed by atoms with Crippen molar-refractivity contribution in [1.82, 2.24) is 4.98 Å². The molecule has 19 heavy (non-hydrogen) atoms. The van der Waals surface area contributed by atoms with Crippen LogP contribution >= 0.6 is 0 Å². The van der Waals surface area contributed by atoms with Crippen LogP contribution in [0.1, 0.15) is 50.3 Å². The molecule has 1 aliphatic rings. The zero-order chi connectivity index (χ0) is 13.8.